The molecule has 2 aromatic rings. The van der Waals surface area contributed by atoms with E-state index in [2.05, 4.69) is 15.2 Å². The summed E-state index contributed by atoms with van der Waals surface area (Å²) in [5, 5.41) is 7.23. The van der Waals surface area contributed by atoms with Gasteiger partial charge in [0.15, 0.2) is 0 Å². The molecule has 1 heterocycles. The second kappa shape index (κ2) is 5.01. The average molecular weight is 273 g/mol. The second-order valence-electron chi connectivity index (χ2n) is 3.69. The van der Waals surface area contributed by atoms with E-state index in [9.17, 15) is 13.2 Å². The first-order valence-corrected chi connectivity index (χ1v) is 6.11. The number of nitrogens with zero attached hydrogens (tertiary/aromatic N) is 2. The summed E-state index contributed by atoms with van der Waals surface area (Å²) in [4.78, 5) is 4.10. The lowest BCUT2D eigenvalue weighted by Gasteiger charge is -2.06. The molecule has 0 aliphatic heterocycles. The lowest BCUT2D eigenvalue weighted by atomic mass is 10.1. The Labute approximate surface area is 106 Å². The molecular formula is C11H10F3N3S. The summed E-state index contributed by atoms with van der Waals surface area (Å²) in [6.07, 6.45) is -4.29. The summed E-state index contributed by atoms with van der Waals surface area (Å²) < 4.78 is 37.0. The molecule has 0 fully saturated rings. The first-order valence-electron chi connectivity index (χ1n) is 5.13. The number of aromatic nitrogens is 3. The van der Waals surface area contributed by atoms with Crippen molar-refractivity contribution in [3.8, 4) is 0 Å². The zero-order chi connectivity index (χ0) is 13.2. The van der Waals surface area contributed by atoms with Crippen LogP contribution in [0.25, 0.3) is 0 Å². The van der Waals surface area contributed by atoms with Crippen molar-refractivity contribution in [2.24, 2.45) is 0 Å². The number of rotatable bonds is 3. The number of H-pyrrole nitrogens is 1. The largest absolute Gasteiger partial charge is 0.416 e. The highest BCUT2D eigenvalue weighted by Gasteiger charge is 2.29. The van der Waals surface area contributed by atoms with Crippen LogP contribution < -0.4 is 0 Å². The second-order valence-corrected chi connectivity index (χ2v) is 4.63. The quantitative estimate of drug-likeness (QED) is 0.871. The zero-order valence-electron chi connectivity index (χ0n) is 9.45. The molecule has 1 aromatic carbocycles. The van der Waals surface area contributed by atoms with Crippen molar-refractivity contribution >= 4 is 11.8 Å². The van der Waals surface area contributed by atoms with E-state index in [0.717, 1.165) is 17.7 Å². The van der Waals surface area contributed by atoms with E-state index in [1.54, 1.807) is 6.92 Å². The van der Waals surface area contributed by atoms with E-state index >= 15 is 0 Å². The monoisotopic (exact) mass is 273 g/mol. The van der Waals surface area contributed by atoms with Gasteiger partial charge in [0.05, 0.1) is 5.56 Å². The fourth-order valence-corrected chi connectivity index (χ4v) is 2.12. The number of halogens is 3. The molecule has 96 valence electrons. The molecule has 7 heteroatoms. The van der Waals surface area contributed by atoms with Crippen LogP contribution in [0.4, 0.5) is 13.2 Å². The maximum Gasteiger partial charge on any atom is 0.416 e. The Morgan fingerprint density at radius 1 is 1.22 bits per heavy atom. The number of hydrogen-bond donors (Lipinski definition) is 1. The van der Waals surface area contributed by atoms with Gasteiger partial charge in [0.2, 0.25) is 5.16 Å². The van der Waals surface area contributed by atoms with Crippen molar-refractivity contribution in [3.05, 3.63) is 41.2 Å². The number of nitrogens with one attached hydrogen (secondary N) is 1. The molecule has 1 N–H and O–H groups in total. The first-order chi connectivity index (χ1) is 8.45. The Balaban J connectivity index is 1.98. The number of aromatic amines is 1. The Morgan fingerprint density at radius 2 is 1.89 bits per heavy atom. The zero-order valence-corrected chi connectivity index (χ0v) is 10.3. The highest BCUT2D eigenvalue weighted by atomic mass is 32.2. The molecule has 0 radical (unpaired) electrons. The minimum Gasteiger partial charge on any atom is -0.262 e. The average Bonchev–Trinajstić information content (AvgIpc) is 2.72. The third kappa shape index (κ3) is 3.25. The van der Waals surface area contributed by atoms with Crippen molar-refractivity contribution < 1.29 is 13.2 Å². The molecule has 0 unspecified atom stereocenters. The van der Waals surface area contributed by atoms with Gasteiger partial charge in [-0.3, -0.25) is 5.10 Å². The van der Waals surface area contributed by atoms with Crippen LogP contribution in [0.1, 0.15) is 17.0 Å². The predicted molar refractivity (Wildman–Crippen MR) is 62.1 cm³/mol. The minimum atomic E-state index is -4.29. The molecule has 18 heavy (non-hydrogen) atoms. The molecule has 0 spiro atoms. The third-order valence-electron chi connectivity index (χ3n) is 2.23. The summed E-state index contributed by atoms with van der Waals surface area (Å²) in [5.74, 6) is 1.25. The van der Waals surface area contributed by atoms with Gasteiger partial charge in [0, 0.05) is 5.75 Å². The highest BCUT2D eigenvalue weighted by Crippen LogP contribution is 2.29. The Morgan fingerprint density at radius 3 is 2.39 bits per heavy atom. The number of aryl methyl sites for hydroxylation is 1. The van der Waals surface area contributed by atoms with Crippen molar-refractivity contribution in [1.82, 2.24) is 15.2 Å². The van der Waals surface area contributed by atoms with Gasteiger partial charge in [-0.2, -0.15) is 13.2 Å². The molecule has 0 bridgehead atoms. The molecule has 0 atom stereocenters. The van der Waals surface area contributed by atoms with Gasteiger partial charge >= 0.3 is 6.18 Å². The van der Waals surface area contributed by atoms with Gasteiger partial charge in [-0.15, -0.1) is 5.10 Å². The summed E-state index contributed by atoms with van der Waals surface area (Å²) in [6, 6.07) is 5.10. The molecule has 0 aliphatic carbocycles. The van der Waals surface area contributed by atoms with E-state index in [4.69, 9.17) is 0 Å². The molecular weight excluding hydrogens is 263 g/mol. The van der Waals surface area contributed by atoms with Crippen molar-refractivity contribution in [1.29, 1.82) is 0 Å². The van der Waals surface area contributed by atoms with Crippen LogP contribution in [0.15, 0.2) is 29.4 Å². The van der Waals surface area contributed by atoms with Crippen LogP contribution in [0.2, 0.25) is 0 Å². The summed E-state index contributed by atoms with van der Waals surface area (Å²) in [6.45, 7) is 1.79. The predicted octanol–water partition coefficient (Wildman–Crippen LogP) is 3.42. The van der Waals surface area contributed by atoms with Crippen molar-refractivity contribution in [3.63, 3.8) is 0 Å². The van der Waals surface area contributed by atoms with E-state index < -0.39 is 11.7 Å². The van der Waals surface area contributed by atoms with Gasteiger partial charge in [-0.25, -0.2) is 4.98 Å². The fourth-order valence-electron chi connectivity index (χ4n) is 1.32. The number of alkyl halides is 3. The van der Waals surface area contributed by atoms with Gasteiger partial charge in [-0.05, 0) is 24.6 Å². The van der Waals surface area contributed by atoms with Crippen molar-refractivity contribution in [2.45, 2.75) is 24.0 Å². The molecule has 2 rings (SSSR count). The fraction of sp³-hybridized carbons (Fsp3) is 0.273. The van der Waals surface area contributed by atoms with Crippen LogP contribution in [0.3, 0.4) is 0 Å². The SMILES string of the molecule is Cc1nc(SCc2ccc(C(F)(F)F)cc2)n[nH]1. The molecule has 0 saturated carbocycles. The van der Waals surface area contributed by atoms with Crippen molar-refractivity contribution in [2.75, 3.05) is 0 Å². The molecule has 1 aromatic heterocycles. The molecule has 0 saturated heterocycles. The summed E-state index contributed by atoms with van der Waals surface area (Å²) >= 11 is 1.37. The third-order valence-corrected chi connectivity index (χ3v) is 3.14. The Kier molecular flexibility index (Phi) is 3.60. The smallest absolute Gasteiger partial charge is 0.262 e. The van der Waals surface area contributed by atoms with Gasteiger partial charge in [0.1, 0.15) is 5.82 Å². The maximum absolute atomic E-state index is 12.3. The minimum absolute atomic E-state index is 0.537. The Bertz CT molecular complexity index is 519. The van der Waals surface area contributed by atoms with E-state index in [-0.39, 0.29) is 0 Å². The highest BCUT2D eigenvalue weighted by molar-refractivity contribution is 7.98. The normalized spacial score (nSPS) is 11.8. The van der Waals surface area contributed by atoms with Crippen LogP contribution >= 0.6 is 11.8 Å². The number of thioether (sulfide) groups is 1. The van der Waals surface area contributed by atoms with E-state index in [1.165, 1.54) is 23.9 Å². The van der Waals surface area contributed by atoms with Gasteiger partial charge in [-0.1, -0.05) is 23.9 Å². The lowest BCUT2D eigenvalue weighted by molar-refractivity contribution is -0.137. The van der Waals surface area contributed by atoms with Gasteiger partial charge in [0.25, 0.3) is 0 Å². The van der Waals surface area contributed by atoms with Crippen LogP contribution in [-0.2, 0) is 11.9 Å². The molecule has 0 aliphatic rings. The molecule has 0 amide bonds. The van der Waals surface area contributed by atoms with Crippen LogP contribution in [0.5, 0.6) is 0 Å². The van der Waals surface area contributed by atoms with Gasteiger partial charge < -0.3 is 0 Å². The molecule has 3 nitrogen and oxygen atoms in total. The number of benzene rings is 1. The van der Waals surface area contributed by atoms with Crippen LogP contribution in [0, 0.1) is 6.92 Å². The number of hydrogen-bond acceptors (Lipinski definition) is 3. The topological polar surface area (TPSA) is 41.6 Å². The van der Waals surface area contributed by atoms with E-state index in [1.807, 2.05) is 0 Å². The first kappa shape index (κ1) is 12.9. The maximum atomic E-state index is 12.3. The lowest BCUT2D eigenvalue weighted by Crippen LogP contribution is -2.04. The van der Waals surface area contributed by atoms with Crippen LogP contribution in [-0.4, -0.2) is 15.2 Å². The summed E-state index contributed by atoms with van der Waals surface area (Å²) in [7, 11) is 0. The standard InChI is InChI=1S/C11H10F3N3S/c1-7-15-10(17-16-7)18-6-8-2-4-9(5-3-8)11(12,13)14/h2-5H,6H2,1H3,(H,15,16,17). The van der Waals surface area contributed by atoms with E-state index in [0.29, 0.717) is 16.7 Å². The Hall–Kier alpha value is -1.50. The summed E-state index contributed by atoms with van der Waals surface area (Å²) in [5.41, 5.74) is 0.167.